The van der Waals surface area contributed by atoms with Gasteiger partial charge in [-0.05, 0) is 27.2 Å². The van der Waals surface area contributed by atoms with Gasteiger partial charge in [-0.3, -0.25) is 4.99 Å². The van der Waals surface area contributed by atoms with Crippen molar-refractivity contribution in [2.24, 2.45) is 10.7 Å². The molecule has 0 aliphatic rings. The van der Waals surface area contributed by atoms with Crippen LogP contribution in [0.1, 0.15) is 40.5 Å². The lowest BCUT2D eigenvalue weighted by Gasteiger charge is -2.06. The molecule has 0 amide bonds. The fourth-order valence-corrected chi connectivity index (χ4v) is 1.05. The Hall–Kier alpha value is -1.07. The second-order valence-electron chi connectivity index (χ2n) is 3.50. The quantitative estimate of drug-likeness (QED) is 0.541. The van der Waals surface area contributed by atoms with Crippen LogP contribution in [0.2, 0.25) is 0 Å². The molecule has 0 saturated heterocycles. The number of aliphatic imine (C=N–C) groups is 1. The van der Waals surface area contributed by atoms with Crippen molar-refractivity contribution in [3.05, 3.63) is 11.3 Å². The molecule has 0 heterocycles. The van der Waals surface area contributed by atoms with Gasteiger partial charge in [-0.25, -0.2) is 0 Å². The SMILES string of the molecule is CCCC#C/C=N\C(=C(C)C)C(C)N. The number of hydrogen-bond acceptors (Lipinski definition) is 2. The minimum Gasteiger partial charge on any atom is -0.323 e. The van der Waals surface area contributed by atoms with Crippen LogP contribution < -0.4 is 5.73 Å². The molecule has 0 aromatic heterocycles. The van der Waals surface area contributed by atoms with E-state index in [1.807, 2.05) is 20.8 Å². The van der Waals surface area contributed by atoms with Crippen LogP contribution in [0.3, 0.4) is 0 Å². The molecule has 0 aliphatic carbocycles. The highest BCUT2D eigenvalue weighted by Crippen LogP contribution is 2.07. The normalized spacial score (nSPS) is 12.1. The second-order valence-corrected chi connectivity index (χ2v) is 3.50. The Kier molecular flexibility index (Phi) is 6.78. The highest BCUT2D eigenvalue weighted by molar-refractivity contribution is 5.79. The molecule has 0 aromatic carbocycles. The van der Waals surface area contributed by atoms with Gasteiger partial charge in [0.05, 0.1) is 11.9 Å². The molecule has 14 heavy (non-hydrogen) atoms. The third-order valence-electron chi connectivity index (χ3n) is 1.69. The van der Waals surface area contributed by atoms with E-state index in [0.29, 0.717) is 0 Å². The maximum Gasteiger partial charge on any atom is 0.0770 e. The van der Waals surface area contributed by atoms with Crippen LogP contribution in [0.4, 0.5) is 0 Å². The Bertz CT molecular complexity index is 270. The van der Waals surface area contributed by atoms with E-state index in [1.165, 1.54) is 0 Å². The van der Waals surface area contributed by atoms with E-state index in [2.05, 4.69) is 23.8 Å². The highest BCUT2D eigenvalue weighted by atomic mass is 14.8. The molecule has 0 bridgehead atoms. The number of nitrogens with zero attached hydrogens (tertiary/aromatic N) is 1. The molecule has 1 atom stereocenters. The van der Waals surface area contributed by atoms with E-state index < -0.39 is 0 Å². The van der Waals surface area contributed by atoms with Gasteiger partial charge in [0.1, 0.15) is 0 Å². The Morgan fingerprint density at radius 2 is 2.14 bits per heavy atom. The zero-order chi connectivity index (χ0) is 11.0. The molecule has 0 aliphatic heterocycles. The summed E-state index contributed by atoms with van der Waals surface area (Å²) in [7, 11) is 0. The summed E-state index contributed by atoms with van der Waals surface area (Å²) in [5.41, 5.74) is 7.83. The molecule has 0 spiro atoms. The van der Waals surface area contributed by atoms with Crippen molar-refractivity contribution in [1.29, 1.82) is 0 Å². The predicted octanol–water partition coefficient (Wildman–Crippen LogP) is 2.50. The van der Waals surface area contributed by atoms with E-state index >= 15 is 0 Å². The van der Waals surface area contributed by atoms with E-state index in [0.717, 1.165) is 24.1 Å². The smallest absolute Gasteiger partial charge is 0.0770 e. The first-order chi connectivity index (χ1) is 6.59. The first-order valence-corrected chi connectivity index (χ1v) is 5.03. The van der Waals surface area contributed by atoms with Crippen molar-refractivity contribution in [2.45, 2.75) is 46.6 Å². The summed E-state index contributed by atoms with van der Waals surface area (Å²) in [6.07, 6.45) is 3.65. The molecular formula is C12H20N2. The van der Waals surface area contributed by atoms with E-state index in [1.54, 1.807) is 6.21 Å². The van der Waals surface area contributed by atoms with Gasteiger partial charge in [-0.15, -0.1) is 0 Å². The molecule has 78 valence electrons. The summed E-state index contributed by atoms with van der Waals surface area (Å²) in [4.78, 5) is 4.25. The molecular weight excluding hydrogens is 172 g/mol. The van der Waals surface area contributed by atoms with Crippen molar-refractivity contribution < 1.29 is 0 Å². The van der Waals surface area contributed by atoms with Crippen LogP contribution in [0.15, 0.2) is 16.3 Å². The van der Waals surface area contributed by atoms with Crippen LogP contribution in [-0.2, 0) is 0 Å². The fourth-order valence-electron chi connectivity index (χ4n) is 1.05. The molecule has 2 nitrogen and oxygen atoms in total. The molecule has 2 heteroatoms. The minimum atomic E-state index is -0.0239. The summed E-state index contributed by atoms with van der Waals surface area (Å²) in [5, 5.41) is 0. The fraction of sp³-hybridized carbons (Fsp3) is 0.583. The van der Waals surface area contributed by atoms with Crippen LogP contribution >= 0.6 is 0 Å². The predicted molar refractivity (Wildman–Crippen MR) is 63.2 cm³/mol. The average molecular weight is 192 g/mol. The van der Waals surface area contributed by atoms with E-state index in [-0.39, 0.29) is 6.04 Å². The standard InChI is InChI=1S/C12H20N2/c1-5-6-7-8-9-14-12(10(2)3)11(4)13/h9,11H,5-6,13H2,1-4H3/b14-9-. The molecule has 0 fully saturated rings. The molecule has 1 unspecified atom stereocenters. The second kappa shape index (κ2) is 7.34. The zero-order valence-corrected chi connectivity index (χ0v) is 9.59. The van der Waals surface area contributed by atoms with Crippen molar-refractivity contribution in [1.82, 2.24) is 0 Å². The number of rotatable bonds is 3. The van der Waals surface area contributed by atoms with Gasteiger partial charge in [0.25, 0.3) is 0 Å². The zero-order valence-electron chi connectivity index (χ0n) is 9.59. The molecule has 0 saturated carbocycles. The van der Waals surface area contributed by atoms with Crippen LogP contribution in [0, 0.1) is 11.8 Å². The van der Waals surface area contributed by atoms with Crippen molar-refractivity contribution in [3.63, 3.8) is 0 Å². The van der Waals surface area contributed by atoms with Gasteiger partial charge in [0.2, 0.25) is 0 Å². The Morgan fingerprint density at radius 3 is 2.57 bits per heavy atom. The summed E-state index contributed by atoms with van der Waals surface area (Å²) < 4.78 is 0. The van der Waals surface area contributed by atoms with Crippen molar-refractivity contribution >= 4 is 6.21 Å². The summed E-state index contributed by atoms with van der Waals surface area (Å²) in [5.74, 6) is 5.90. The van der Waals surface area contributed by atoms with Crippen LogP contribution in [0.25, 0.3) is 0 Å². The Labute approximate surface area is 87.3 Å². The lowest BCUT2D eigenvalue weighted by molar-refractivity contribution is 0.833. The van der Waals surface area contributed by atoms with Gasteiger partial charge < -0.3 is 5.73 Å². The van der Waals surface area contributed by atoms with Gasteiger partial charge in [-0.1, -0.05) is 24.3 Å². The molecule has 0 rings (SSSR count). The average Bonchev–Trinajstić information content (AvgIpc) is 2.09. The van der Waals surface area contributed by atoms with Gasteiger partial charge >= 0.3 is 0 Å². The maximum atomic E-state index is 5.76. The summed E-state index contributed by atoms with van der Waals surface area (Å²) in [6.45, 7) is 8.06. The number of allylic oxidation sites excluding steroid dienone is 1. The van der Waals surface area contributed by atoms with Gasteiger partial charge in [-0.2, -0.15) is 0 Å². The Balaban J connectivity index is 4.36. The monoisotopic (exact) mass is 192 g/mol. The number of unbranched alkanes of at least 4 members (excludes halogenated alkanes) is 1. The third kappa shape index (κ3) is 5.55. The first kappa shape index (κ1) is 12.9. The van der Waals surface area contributed by atoms with Crippen LogP contribution in [-0.4, -0.2) is 12.3 Å². The van der Waals surface area contributed by atoms with Gasteiger partial charge in [0, 0.05) is 12.5 Å². The molecule has 0 radical (unpaired) electrons. The first-order valence-electron chi connectivity index (χ1n) is 5.03. The molecule has 2 N–H and O–H groups in total. The summed E-state index contributed by atoms with van der Waals surface area (Å²) in [6, 6.07) is -0.0239. The minimum absolute atomic E-state index is 0.0239. The highest BCUT2D eigenvalue weighted by Gasteiger charge is 2.01. The van der Waals surface area contributed by atoms with E-state index in [4.69, 9.17) is 5.73 Å². The largest absolute Gasteiger partial charge is 0.323 e. The number of hydrogen-bond donors (Lipinski definition) is 1. The molecule has 0 aromatic rings. The maximum absolute atomic E-state index is 5.76. The van der Waals surface area contributed by atoms with Crippen molar-refractivity contribution in [3.8, 4) is 11.8 Å². The summed E-state index contributed by atoms with van der Waals surface area (Å²) >= 11 is 0. The van der Waals surface area contributed by atoms with Crippen molar-refractivity contribution in [2.75, 3.05) is 0 Å². The van der Waals surface area contributed by atoms with Crippen LogP contribution in [0.5, 0.6) is 0 Å². The number of nitrogens with two attached hydrogens (primary N) is 1. The van der Waals surface area contributed by atoms with Gasteiger partial charge in [0.15, 0.2) is 0 Å². The topological polar surface area (TPSA) is 38.4 Å². The lowest BCUT2D eigenvalue weighted by Crippen LogP contribution is -2.17. The Morgan fingerprint density at radius 1 is 1.50 bits per heavy atom. The lowest BCUT2D eigenvalue weighted by atomic mass is 10.1. The third-order valence-corrected chi connectivity index (χ3v) is 1.69. The van der Waals surface area contributed by atoms with E-state index in [9.17, 15) is 0 Å².